The van der Waals surface area contributed by atoms with Crippen LogP contribution in [0.1, 0.15) is 25.5 Å². The molecule has 0 saturated heterocycles. The van der Waals surface area contributed by atoms with Crippen molar-refractivity contribution in [1.29, 1.82) is 0 Å². The van der Waals surface area contributed by atoms with Crippen molar-refractivity contribution < 1.29 is 4.42 Å². The number of rotatable bonds is 6. The standard InChI is InChI=1S/C11H18N2OS/c1-8(5-12-10-3-4-10)7-15-11-13-9(2)6-14-11/h6,8,10,12H,3-5,7H2,1-2H3. The van der Waals surface area contributed by atoms with E-state index in [4.69, 9.17) is 4.42 Å². The molecule has 0 aromatic carbocycles. The molecule has 1 atom stereocenters. The molecule has 1 aliphatic rings. The first-order chi connectivity index (χ1) is 7.24. The molecule has 1 aromatic rings. The molecule has 1 fully saturated rings. The highest BCUT2D eigenvalue weighted by atomic mass is 32.2. The van der Waals surface area contributed by atoms with Crippen LogP contribution in [0, 0.1) is 12.8 Å². The average molecular weight is 226 g/mol. The van der Waals surface area contributed by atoms with Gasteiger partial charge in [0.15, 0.2) is 0 Å². The predicted octanol–water partition coefficient (Wildman–Crippen LogP) is 2.46. The highest BCUT2D eigenvalue weighted by Crippen LogP contribution is 2.21. The van der Waals surface area contributed by atoms with E-state index in [0.29, 0.717) is 5.92 Å². The predicted molar refractivity (Wildman–Crippen MR) is 62.2 cm³/mol. The topological polar surface area (TPSA) is 38.1 Å². The van der Waals surface area contributed by atoms with Gasteiger partial charge in [0.1, 0.15) is 6.26 Å². The van der Waals surface area contributed by atoms with Gasteiger partial charge in [-0.3, -0.25) is 0 Å². The molecule has 1 saturated carbocycles. The van der Waals surface area contributed by atoms with E-state index in [1.54, 1.807) is 18.0 Å². The third kappa shape index (κ3) is 3.87. The normalized spacial score (nSPS) is 18.0. The Labute approximate surface area is 95.0 Å². The zero-order chi connectivity index (χ0) is 10.7. The van der Waals surface area contributed by atoms with Crippen LogP contribution in [0.2, 0.25) is 0 Å². The van der Waals surface area contributed by atoms with E-state index in [0.717, 1.165) is 29.3 Å². The van der Waals surface area contributed by atoms with Crippen LogP contribution in [-0.2, 0) is 0 Å². The summed E-state index contributed by atoms with van der Waals surface area (Å²) >= 11 is 1.70. The quantitative estimate of drug-likeness (QED) is 0.756. The third-order valence-corrected chi connectivity index (χ3v) is 3.59. The molecule has 1 unspecified atom stereocenters. The van der Waals surface area contributed by atoms with Crippen molar-refractivity contribution in [3.8, 4) is 0 Å². The fourth-order valence-corrected chi connectivity index (χ4v) is 2.20. The van der Waals surface area contributed by atoms with E-state index >= 15 is 0 Å². The Kier molecular flexibility index (Phi) is 3.70. The molecule has 1 aliphatic carbocycles. The Hall–Kier alpha value is -0.480. The Morgan fingerprint density at radius 2 is 2.47 bits per heavy atom. The molecule has 15 heavy (non-hydrogen) atoms. The summed E-state index contributed by atoms with van der Waals surface area (Å²) in [5.41, 5.74) is 0.959. The smallest absolute Gasteiger partial charge is 0.255 e. The van der Waals surface area contributed by atoms with Crippen LogP contribution in [0.3, 0.4) is 0 Å². The van der Waals surface area contributed by atoms with Gasteiger partial charge >= 0.3 is 0 Å². The summed E-state index contributed by atoms with van der Waals surface area (Å²) in [7, 11) is 0. The second kappa shape index (κ2) is 5.03. The molecule has 0 bridgehead atoms. The number of aryl methyl sites for hydroxylation is 1. The monoisotopic (exact) mass is 226 g/mol. The third-order valence-electron chi connectivity index (χ3n) is 2.42. The Morgan fingerprint density at radius 3 is 3.07 bits per heavy atom. The van der Waals surface area contributed by atoms with Crippen LogP contribution >= 0.6 is 11.8 Å². The van der Waals surface area contributed by atoms with E-state index in [1.165, 1.54) is 12.8 Å². The SMILES string of the molecule is Cc1coc(SCC(C)CNC2CC2)n1. The van der Waals surface area contributed by atoms with Crippen LogP contribution in [0.15, 0.2) is 15.9 Å². The number of hydrogen-bond acceptors (Lipinski definition) is 4. The molecule has 0 spiro atoms. The minimum absolute atomic E-state index is 0.669. The maximum Gasteiger partial charge on any atom is 0.255 e. The van der Waals surface area contributed by atoms with Crippen molar-refractivity contribution in [2.24, 2.45) is 5.92 Å². The number of nitrogens with zero attached hydrogens (tertiary/aromatic N) is 1. The Morgan fingerprint density at radius 1 is 1.67 bits per heavy atom. The summed E-state index contributed by atoms with van der Waals surface area (Å²) in [6.07, 6.45) is 4.42. The van der Waals surface area contributed by atoms with Gasteiger partial charge in [-0.2, -0.15) is 0 Å². The molecule has 2 rings (SSSR count). The highest BCUT2D eigenvalue weighted by molar-refractivity contribution is 7.99. The van der Waals surface area contributed by atoms with Crippen molar-refractivity contribution in [3.05, 3.63) is 12.0 Å². The molecule has 0 aliphatic heterocycles. The van der Waals surface area contributed by atoms with Gasteiger partial charge in [-0.1, -0.05) is 18.7 Å². The van der Waals surface area contributed by atoms with Gasteiger partial charge in [-0.05, 0) is 32.2 Å². The molecule has 0 radical (unpaired) electrons. The van der Waals surface area contributed by atoms with Crippen molar-refractivity contribution >= 4 is 11.8 Å². The van der Waals surface area contributed by atoms with Gasteiger partial charge in [0, 0.05) is 11.8 Å². The maximum absolute atomic E-state index is 5.28. The number of aromatic nitrogens is 1. The lowest BCUT2D eigenvalue weighted by atomic mass is 10.2. The summed E-state index contributed by atoms with van der Waals surface area (Å²) in [6, 6.07) is 0.807. The molecule has 1 N–H and O–H groups in total. The first-order valence-electron chi connectivity index (χ1n) is 5.52. The Bertz CT molecular complexity index is 309. The van der Waals surface area contributed by atoms with Crippen molar-refractivity contribution in [1.82, 2.24) is 10.3 Å². The first kappa shape index (κ1) is 11.0. The molecule has 4 heteroatoms. The van der Waals surface area contributed by atoms with E-state index < -0.39 is 0 Å². The minimum Gasteiger partial charge on any atom is -0.440 e. The Balaban J connectivity index is 1.63. The van der Waals surface area contributed by atoms with Crippen LogP contribution in [0.25, 0.3) is 0 Å². The van der Waals surface area contributed by atoms with E-state index in [9.17, 15) is 0 Å². The summed E-state index contributed by atoms with van der Waals surface area (Å²) < 4.78 is 5.28. The van der Waals surface area contributed by atoms with Gasteiger partial charge in [0.2, 0.25) is 0 Å². The molecule has 3 nitrogen and oxygen atoms in total. The molecule has 84 valence electrons. The van der Waals surface area contributed by atoms with Gasteiger partial charge in [-0.25, -0.2) is 4.98 Å². The number of nitrogens with one attached hydrogen (secondary N) is 1. The van der Waals surface area contributed by atoms with Crippen molar-refractivity contribution in [3.63, 3.8) is 0 Å². The lowest BCUT2D eigenvalue weighted by molar-refractivity contribution is 0.452. The number of oxazole rings is 1. The van der Waals surface area contributed by atoms with Crippen LogP contribution in [0.5, 0.6) is 0 Å². The van der Waals surface area contributed by atoms with Crippen LogP contribution < -0.4 is 5.32 Å². The molecule has 1 heterocycles. The zero-order valence-corrected chi connectivity index (χ0v) is 10.1. The lowest BCUT2D eigenvalue weighted by Crippen LogP contribution is -2.24. The summed E-state index contributed by atoms with van der Waals surface area (Å²) in [5.74, 6) is 1.74. The minimum atomic E-state index is 0.669. The zero-order valence-electron chi connectivity index (χ0n) is 9.32. The summed E-state index contributed by atoms with van der Waals surface area (Å²) in [6.45, 7) is 5.32. The summed E-state index contributed by atoms with van der Waals surface area (Å²) in [4.78, 5) is 4.27. The van der Waals surface area contributed by atoms with Gasteiger partial charge in [-0.15, -0.1) is 0 Å². The van der Waals surface area contributed by atoms with E-state index in [2.05, 4.69) is 17.2 Å². The lowest BCUT2D eigenvalue weighted by Gasteiger charge is -2.09. The molecule has 1 aromatic heterocycles. The van der Waals surface area contributed by atoms with Crippen LogP contribution in [0.4, 0.5) is 0 Å². The van der Waals surface area contributed by atoms with Gasteiger partial charge < -0.3 is 9.73 Å². The fraction of sp³-hybridized carbons (Fsp3) is 0.727. The van der Waals surface area contributed by atoms with Crippen molar-refractivity contribution in [2.45, 2.75) is 38.0 Å². The number of hydrogen-bond donors (Lipinski definition) is 1. The molecule has 0 amide bonds. The largest absolute Gasteiger partial charge is 0.440 e. The van der Waals surface area contributed by atoms with E-state index in [1.807, 2.05) is 6.92 Å². The average Bonchev–Trinajstić information content (AvgIpc) is 2.95. The van der Waals surface area contributed by atoms with Crippen molar-refractivity contribution in [2.75, 3.05) is 12.3 Å². The number of thioether (sulfide) groups is 1. The van der Waals surface area contributed by atoms with Gasteiger partial charge in [0.25, 0.3) is 5.22 Å². The second-order valence-electron chi connectivity index (χ2n) is 4.35. The fourth-order valence-electron chi connectivity index (χ4n) is 1.33. The van der Waals surface area contributed by atoms with Crippen LogP contribution in [-0.4, -0.2) is 23.3 Å². The van der Waals surface area contributed by atoms with E-state index in [-0.39, 0.29) is 0 Å². The maximum atomic E-state index is 5.28. The second-order valence-corrected chi connectivity index (χ2v) is 5.32. The van der Waals surface area contributed by atoms with Gasteiger partial charge in [0.05, 0.1) is 5.69 Å². The molecular formula is C11H18N2OS. The highest BCUT2D eigenvalue weighted by Gasteiger charge is 2.20. The summed E-state index contributed by atoms with van der Waals surface area (Å²) in [5, 5.41) is 4.33. The molecular weight excluding hydrogens is 208 g/mol. The first-order valence-corrected chi connectivity index (χ1v) is 6.51.